The summed E-state index contributed by atoms with van der Waals surface area (Å²) in [6.45, 7) is 0. The molecule has 0 radical (unpaired) electrons. The second kappa shape index (κ2) is 4.07. The predicted molar refractivity (Wildman–Crippen MR) is 59.9 cm³/mol. The van der Waals surface area contributed by atoms with E-state index in [1.807, 2.05) is 18.2 Å². The van der Waals surface area contributed by atoms with E-state index in [1.54, 1.807) is 18.2 Å². The summed E-state index contributed by atoms with van der Waals surface area (Å²) in [5.74, 6) is 0. The first-order valence-corrected chi connectivity index (χ1v) is 5.20. The van der Waals surface area contributed by atoms with Crippen LogP contribution in [0.5, 0.6) is 0 Å². The highest BCUT2D eigenvalue weighted by Crippen LogP contribution is 2.27. The van der Waals surface area contributed by atoms with Crippen LogP contribution in [0.2, 0.25) is 0 Å². The van der Waals surface area contributed by atoms with Crippen molar-refractivity contribution in [2.45, 2.75) is 0 Å². The van der Waals surface area contributed by atoms with Crippen molar-refractivity contribution in [3.05, 3.63) is 46.8 Å². The predicted octanol–water partition coefficient (Wildman–Crippen LogP) is 3.10. The largest absolute Gasteiger partial charge is 0.298 e. The molecule has 1 heterocycles. The van der Waals surface area contributed by atoms with Gasteiger partial charge >= 0.3 is 0 Å². The minimum atomic E-state index is 0.663. The molecule has 0 atom stereocenters. The molecule has 0 aliphatic carbocycles. The van der Waals surface area contributed by atoms with Gasteiger partial charge in [0.25, 0.3) is 0 Å². The number of thiophene rings is 1. The van der Waals surface area contributed by atoms with Gasteiger partial charge in [-0.05, 0) is 17.7 Å². The average Bonchev–Trinajstić information content (AvgIpc) is 2.78. The lowest BCUT2D eigenvalue weighted by Gasteiger charge is -1.96. The van der Waals surface area contributed by atoms with Crippen LogP contribution in [0, 0.1) is 11.3 Å². The third-order valence-electron chi connectivity index (χ3n) is 2.05. The van der Waals surface area contributed by atoms with Gasteiger partial charge in [-0.3, -0.25) is 4.79 Å². The summed E-state index contributed by atoms with van der Waals surface area (Å²) in [6.07, 6.45) is 0.818. The number of nitrogens with zero attached hydrogens (tertiary/aromatic N) is 1. The Morgan fingerprint density at radius 3 is 2.40 bits per heavy atom. The van der Waals surface area contributed by atoms with Gasteiger partial charge in [0.1, 0.15) is 17.2 Å². The lowest BCUT2D eigenvalue weighted by atomic mass is 10.1. The van der Waals surface area contributed by atoms with E-state index in [4.69, 9.17) is 5.26 Å². The van der Waals surface area contributed by atoms with E-state index in [2.05, 4.69) is 6.07 Å². The molecule has 0 saturated carbocycles. The molecule has 15 heavy (non-hydrogen) atoms. The number of hydrogen-bond acceptors (Lipinski definition) is 3. The van der Waals surface area contributed by atoms with Crippen molar-refractivity contribution in [1.29, 1.82) is 5.26 Å². The Labute approximate surface area is 91.4 Å². The van der Waals surface area contributed by atoms with Crippen LogP contribution < -0.4 is 0 Å². The zero-order valence-electron chi connectivity index (χ0n) is 7.81. The Bertz CT molecular complexity index is 519. The van der Waals surface area contributed by atoms with Crippen LogP contribution in [0.15, 0.2) is 36.4 Å². The normalized spacial score (nSPS) is 9.53. The van der Waals surface area contributed by atoms with E-state index >= 15 is 0 Å². The fourth-order valence-electron chi connectivity index (χ4n) is 1.28. The maximum Gasteiger partial charge on any atom is 0.150 e. The first-order chi connectivity index (χ1) is 7.33. The van der Waals surface area contributed by atoms with Gasteiger partial charge in [0, 0.05) is 10.4 Å². The van der Waals surface area contributed by atoms with Crippen LogP contribution in [0.25, 0.3) is 10.4 Å². The lowest BCUT2D eigenvalue weighted by Crippen LogP contribution is -1.78. The minimum Gasteiger partial charge on any atom is -0.298 e. The molecule has 0 spiro atoms. The van der Waals surface area contributed by atoms with E-state index in [9.17, 15) is 4.79 Å². The van der Waals surface area contributed by atoms with Gasteiger partial charge in [-0.1, -0.05) is 24.3 Å². The summed E-state index contributed by atoms with van der Waals surface area (Å²) < 4.78 is 0. The Kier molecular flexibility index (Phi) is 2.61. The lowest BCUT2D eigenvalue weighted by molar-refractivity contribution is 0.112. The van der Waals surface area contributed by atoms with Crippen molar-refractivity contribution in [2.24, 2.45) is 0 Å². The number of nitriles is 1. The van der Waals surface area contributed by atoms with Crippen molar-refractivity contribution in [3.63, 3.8) is 0 Å². The number of carbonyl (C=O) groups excluding carboxylic acids is 1. The Hall–Kier alpha value is -1.92. The molecule has 0 aliphatic heterocycles. The summed E-state index contributed by atoms with van der Waals surface area (Å²) in [7, 11) is 0. The standard InChI is InChI=1S/C12H7NOS/c13-7-11-5-6-12(15-11)10-3-1-9(8-14)2-4-10/h1-6,8H. The molecular weight excluding hydrogens is 206 g/mol. The van der Waals surface area contributed by atoms with E-state index in [0.717, 1.165) is 16.7 Å². The topological polar surface area (TPSA) is 40.9 Å². The summed E-state index contributed by atoms with van der Waals surface area (Å²) >= 11 is 1.45. The fourth-order valence-corrected chi connectivity index (χ4v) is 2.09. The molecule has 2 aromatic rings. The highest BCUT2D eigenvalue weighted by molar-refractivity contribution is 7.16. The highest BCUT2D eigenvalue weighted by Gasteiger charge is 2.01. The van der Waals surface area contributed by atoms with E-state index < -0.39 is 0 Å². The number of rotatable bonds is 2. The first kappa shape index (κ1) is 9.63. The first-order valence-electron chi connectivity index (χ1n) is 4.39. The summed E-state index contributed by atoms with van der Waals surface area (Å²) in [5, 5.41) is 8.69. The molecule has 72 valence electrons. The van der Waals surface area contributed by atoms with Gasteiger partial charge in [0.05, 0.1) is 0 Å². The van der Waals surface area contributed by atoms with Gasteiger partial charge in [0.15, 0.2) is 0 Å². The third-order valence-corrected chi connectivity index (χ3v) is 3.09. The molecule has 0 amide bonds. The van der Waals surface area contributed by atoms with Crippen molar-refractivity contribution in [3.8, 4) is 16.5 Å². The number of benzene rings is 1. The van der Waals surface area contributed by atoms with Crippen LogP contribution in [0.3, 0.4) is 0 Å². The van der Waals surface area contributed by atoms with E-state index in [1.165, 1.54) is 11.3 Å². The monoisotopic (exact) mass is 213 g/mol. The zero-order valence-corrected chi connectivity index (χ0v) is 8.62. The van der Waals surface area contributed by atoms with Crippen LogP contribution >= 0.6 is 11.3 Å². The van der Waals surface area contributed by atoms with Crippen molar-refractivity contribution >= 4 is 17.6 Å². The SMILES string of the molecule is N#Cc1ccc(-c2ccc(C=O)cc2)s1. The van der Waals surface area contributed by atoms with Gasteiger partial charge < -0.3 is 0 Å². The van der Waals surface area contributed by atoms with Crippen LogP contribution in [-0.2, 0) is 0 Å². The van der Waals surface area contributed by atoms with Crippen LogP contribution in [-0.4, -0.2) is 6.29 Å². The van der Waals surface area contributed by atoms with Crippen molar-refractivity contribution < 1.29 is 4.79 Å². The second-order valence-electron chi connectivity index (χ2n) is 3.02. The van der Waals surface area contributed by atoms with Crippen LogP contribution in [0.4, 0.5) is 0 Å². The van der Waals surface area contributed by atoms with Gasteiger partial charge in [0.2, 0.25) is 0 Å². The zero-order chi connectivity index (χ0) is 10.7. The van der Waals surface area contributed by atoms with Crippen molar-refractivity contribution in [1.82, 2.24) is 0 Å². The number of carbonyl (C=O) groups is 1. The van der Waals surface area contributed by atoms with E-state index in [-0.39, 0.29) is 0 Å². The molecule has 3 heteroatoms. The smallest absolute Gasteiger partial charge is 0.150 e. The molecule has 2 rings (SSSR count). The number of aldehydes is 1. The summed E-state index contributed by atoms with van der Waals surface area (Å²) in [4.78, 5) is 12.2. The van der Waals surface area contributed by atoms with Crippen molar-refractivity contribution in [2.75, 3.05) is 0 Å². The molecule has 0 aliphatic rings. The summed E-state index contributed by atoms with van der Waals surface area (Å²) in [5.41, 5.74) is 1.70. The molecule has 0 N–H and O–H groups in total. The highest BCUT2D eigenvalue weighted by atomic mass is 32.1. The minimum absolute atomic E-state index is 0.663. The molecular formula is C12H7NOS. The summed E-state index contributed by atoms with van der Waals surface area (Å²) in [6, 6.07) is 13.1. The second-order valence-corrected chi connectivity index (χ2v) is 4.10. The Morgan fingerprint density at radius 1 is 1.13 bits per heavy atom. The molecule has 1 aromatic carbocycles. The Balaban J connectivity index is 2.37. The van der Waals surface area contributed by atoms with Crippen LogP contribution in [0.1, 0.15) is 15.2 Å². The molecule has 0 fully saturated rings. The molecule has 1 aromatic heterocycles. The van der Waals surface area contributed by atoms with Gasteiger partial charge in [-0.15, -0.1) is 11.3 Å². The Morgan fingerprint density at radius 2 is 1.87 bits per heavy atom. The van der Waals surface area contributed by atoms with E-state index in [0.29, 0.717) is 10.4 Å². The third kappa shape index (κ3) is 1.95. The average molecular weight is 213 g/mol. The quantitative estimate of drug-likeness (QED) is 0.719. The molecule has 0 bridgehead atoms. The molecule has 0 unspecified atom stereocenters. The maximum atomic E-state index is 10.5. The molecule has 2 nitrogen and oxygen atoms in total. The molecule has 0 saturated heterocycles. The van der Waals surface area contributed by atoms with Gasteiger partial charge in [-0.25, -0.2) is 0 Å². The number of hydrogen-bond donors (Lipinski definition) is 0. The maximum absolute atomic E-state index is 10.5. The van der Waals surface area contributed by atoms with Gasteiger partial charge in [-0.2, -0.15) is 5.26 Å². The fraction of sp³-hybridized carbons (Fsp3) is 0.